The molecule has 2 aromatic carbocycles. The van der Waals surface area contributed by atoms with E-state index in [2.05, 4.69) is 0 Å². The maximum atomic E-state index is 13.3. The summed E-state index contributed by atoms with van der Waals surface area (Å²) in [5, 5.41) is 10.7. The number of thioether (sulfide) groups is 1. The number of ketones is 1. The molecule has 0 aromatic heterocycles. The summed E-state index contributed by atoms with van der Waals surface area (Å²) in [6, 6.07) is 10.5. The Morgan fingerprint density at radius 3 is 2.50 bits per heavy atom. The van der Waals surface area contributed by atoms with Crippen molar-refractivity contribution in [2.24, 2.45) is 5.92 Å². The van der Waals surface area contributed by atoms with Gasteiger partial charge in [-0.3, -0.25) is 4.79 Å². The largest absolute Gasteiger partial charge is 0.367 e. The molecule has 4 unspecified atom stereocenters. The highest BCUT2D eigenvalue weighted by Gasteiger charge is 2.40. The van der Waals surface area contributed by atoms with Crippen molar-refractivity contribution in [1.82, 2.24) is 0 Å². The third kappa shape index (κ3) is 4.65. The molecule has 1 heterocycles. The first-order valence-electron chi connectivity index (χ1n) is 9.58. The van der Waals surface area contributed by atoms with Crippen LogP contribution >= 0.6 is 11.8 Å². The third-order valence-electron chi connectivity index (χ3n) is 5.34. The van der Waals surface area contributed by atoms with Gasteiger partial charge in [-0.25, -0.2) is 4.39 Å². The van der Waals surface area contributed by atoms with E-state index in [1.54, 1.807) is 6.07 Å². The van der Waals surface area contributed by atoms with Gasteiger partial charge in [-0.05, 0) is 61.6 Å². The zero-order valence-electron chi connectivity index (χ0n) is 16.7. The van der Waals surface area contributed by atoms with E-state index in [-0.39, 0.29) is 30.0 Å². The summed E-state index contributed by atoms with van der Waals surface area (Å²) >= 11 is 1.53. The summed E-state index contributed by atoms with van der Waals surface area (Å²) in [6.07, 6.45) is -1.21. The number of rotatable bonds is 5. The second-order valence-corrected chi connectivity index (χ2v) is 8.86. The number of carbonyl (C=O) groups excluding carboxylic acids is 1. The average Bonchev–Trinajstić information content (AvgIpc) is 2.61. The summed E-state index contributed by atoms with van der Waals surface area (Å²) in [7, 11) is 0. The lowest BCUT2D eigenvalue weighted by atomic mass is 9.81. The van der Waals surface area contributed by atoms with Crippen LogP contribution in [0.25, 0.3) is 0 Å². The lowest BCUT2D eigenvalue weighted by molar-refractivity contribution is -0.188. The van der Waals surface area contributed by atoms with E-state index in [1.807, 2.05) is 45.9 Å². The minimum Gasteiger partial charge on any atom is -0.367 e. The Labute approximate surface area is 170 Å². The Kier molecular flexibility index (Phi) is 6.58. The normalized spacial score (nSPS) is 23.6. The maximum absolute atomic E-state index is 13.3. The van der Waals surface area contributed by atoms with Gasteiger partial charge < -0.3 is 9.84 Å². The predicted molar refractivity (Wildman–Crippen MR) is 110 cm³/mol. The highest BCUT2D eigenvalue weighted by atomic mass is 32.2. The first-order valence-corrected chi connectivity index (χ1v) is 10.6. The van der Waals surface area contributed by atoms with Crippen LogP contribution in [-0.4, -0.2) is 29.0 Å². The molecule has 0 bridgehead atoms. The minimum absolute atomic E-state index is 0.0152. The van der Waals surface area contributed by atoms with Crippen LogP contribution in [0.1, 0.15) is 41.5 Å². The molecule has 1 aliphatic heterocycles. The second-order valence-electron chi connectivity index (χ2n) is 7.77. The summed E-state index contributed by atoms with van der Waals surface area (Å²) in [6.45, 7) is 7.96. The van der Waals surface area contributed by atoms with E-state index in [4.69, 9.17) is 4.74 Å². The SMILES string of the molecule is Cc1cc(C)c(C2C(=O)CC(C(C)CSc3cccc(F)c3)OC2O)c(C)c1. The number of hydrogen-bond donors (Lipinski definition) is 1. The summed E-state index contributed by atoms with van der Waals surface area (Å²) in [5.41, 5.74) is 4.03. The van der Waals surface area contributed by atoms with Crippen LogP contribution in [0.15, 0.2) is 41.3 Å². The van der Waals surface area contributed by atoms with Crippen molar-refractivity contribution in [2.75, 3.05) is 5.75 Å². The number of benzene rings is 2. The number of aliphatic hydroxyl groups is 1. The molecule has 0 spiro atoms. The molecular formula is C23H27FO3S. The molecular weight excluding hydrogens is 375 g/mol. The average molecular weight is 403 g/mol. The van der Waals surface area contributed by atoms with Crippen molar-refractivity contribution in [3.63, 3.8) is 0 Å². The molecule has 1 aliphatic rings. The lowest BCUT2D eigenvalue weighted by Crippen LogP contribution is -2.43. The summed E-state index contributed by atoms with van der Waals surface area (Å²) in [4.78, 5) is 13.8. The molecule has 0 radical (unpaired) electrons. The third-order valence-corrected chi connectivity index (χ3v) is 6.62. The molecule has 150 valence electrons. The molecule has 3 rings (SSSR count). The van der Waals surface area contributed by atoms with Gasteiger partial charge in [0.2, 0.25) is 0 Å². The molecule has 3 nitrogen and oxygen atoms in total. The van der Waals surface area contributed by atoms with Crippen LogP contribution < -0.4 is 0 Å². The van der Waals surface area contributed by atoms with Gasteiger partial charge in [-0.15, -0.1) is 11.8 Å². The molecule has 5 heteroatoms. The van der Waals surface area contributed by atoms with Gasteiger partial charge in [-0.1, -0.05) is 30.7 Å². The fraction of sp³-hybridized carbons (Fsp3) is 0.435. The molecule has 0 amide bonds. The van der Waals surface area contributed by atoms with Crippen LogP contribution in [0.3, 0.4) is 0 Å². The molecule has 0 saturated carbocycles. The van der Waals surface area contributed by atoms with E-state index < -0.39 is 12.2 Å². The Hall–Kier alpha value is -1.69. The van der Waals surface area contributed by atoms with Crippen molar-refractivity contribution in [3.05, 3.63) is 64.5 Å². The highest BCUT2D eigenvalue weighted by molar-refractivity contribution is 7.99. The van der Waals surface area contributed by atoms with Crippen molar-refractivity contribution < 1.29 is 19.0 Å². The first kappa shape index (κ1) is 21.0. The second kappa shape index (κ2) is 8.76. The van der Waals surface area contributed by atoms with Crippen molar-refractivity contribution in [3.8, 4) is 0 Å². The van der Waals surface area contributed by atoms with Gasteiger partial charge in [-0.2, -0.15) is 0 Å². The Bertz CT molecular complexity index is 844. The van der Waals surface area contributed by atoms with Crippen LogP contribution in [0.4, 0.5) is 4.39 Å². The van der Waals surface area contributed by atoms with Crippen LogP contribution in [0.5, 0.6) is 0 Å². The number of ether oxygens (including phenoxy) is 1. The Morgan fingerprint density at radius 2 is 1.89 bits per heavy atom. The molecule has 1 fully saturated rings. The quantitative estimate of drug-likeness (QED) is 0.720. The monoisotopic (exact) mass is 402 g/mol. The summed E-state index contributed by atoms with van der Waals surface area (Å²) in [5.74, 6) is -0.153. The van der Waals surface area contributed by atoms with Gasteiger partial charge in [0.05, 0.1) is 12.0 Å². The van der Waals surface area contributed by atoms with Crippen molar-refractivity contribution in [2.45, 2.75) is 57.3 Å². The molecule has 1 N–H and O–H groups in total. The first-order chi connectivity index (χ1) is 13.3. The highest BCUT2D eigenvalue weighted by Crippen LogP contribution is 2.37. The molecule has 28 heavy (non-hydrogen) atoms. The molecule has 4 atom stereocenters. The molecule has 2 aromatic rings. The van der Waals surface area contributed by atoms with Gasteiger partial charge in [0.15, 0.2) is 6.29 Å². The standard InChI is InChI=1S/C23H27FO3S/c1-13-8-14(2)21(15(3)9-13)22-19(25)11-20(27-23(22)26)16(4)12-28-18-7-5-6-17(24)10-18/h5-10,16,20,22-23,26H,11-12H2,1-4H3. The Morgan fingerprint density at radius 1 is 1.21 bits per heavy atom. The number of Topliss-reactive ketones (excluding diaryl/α,β-unsaturated/α-hetero) is 1. The number of hydrogen-bond acceptors (Lipinski definition) is 4. The van der Waals surface area contributed by atoms with Gasteiger partial charge in [0, 0.05) is 17.1 Å². The fourth-order valence-corrected chi connectivity index (χ4v) is 5.04. The van der Waals surface area contributed by atoms with Gasteiger partial charge in [0.25, 0.3) is 0 Å². The number of carbonyl (C=O) groups is 1. The van der Waals surface area contributed by atoms with E-state index >= 15 is 0 Å². The fourth-order valence-electron chi connectivity index (χ4n) is 4.00. The van der Waals surface area contributed by atoms with Crippen LogP contribution in [-0.2, 0) is 9.53 Å². The zero-order valence-corrected chi connectivity index (χ0v) is 17.6. The van der Waals surface area contributed by atoms with E-state index in [0.29, 0.717) is 5.75 Å². The van der Waals surface area contributed by atoms with E-state index in [1.165, 1.54) is 23.9 Å². The Balaban J connectivity index is 1.68. The minimum atomic E-state index is -1.15. The number of aliphatic hydroxyl groups excluding tert-OH is 1. The maximum Gasteiger partial charge on any atom is 0.168 e. The van der Waals surface area contributed by atoms with Gasteiger partial charge >= 0.3 is 0 Å². The van der Waals surface area contributed by atoms with Crippen molar-refractivity contribution >= 4 is 17.5 Å². The lowest BCUT2D eigenvalue weighted by Gasteiger charge is -2.36. The topological polar surface area (TPSA) is 46.5 Å². The number of halogens is 1. The number of aryl methyl sites for hydroxylation is 3. The molecule has 1 saturated heterocycles. The van der Waals surface area contributed by atoms with Crippen molar-refractivity contribution in [1.29, 1.82) is 0 Å². The zero-order chi connectivity index (χ0) is 20.4. The van der Waals surface area contributed by atoms with E-state index in [9.17, 15) is 14.3 Å². The van der Waals surface area contributed by atoms with E-state index in [0.717, 1.165) is 27.1 Å². The summed E-state index contributed by atoms with van der Waals surface area (Å²) < 4.78 is 19.2. The smallest absolute Gasteiger partial charge is 0.168 e. The van der Waals surface area contributed by atoms with Gasteiger partial charge in [0.1, 0.15) is 11.6 Å². The molecule has 0 aliphatic carbocycles. The predicted octanol–water partition coefficient (Wildman–Crippen LogP) is 4.94. The van der Waals surface area contributed by atoms with Crippen LogP contribution in [0, 0.1) is 32.5 Å². The van der Waals surface area contributed by atoms with Crippen LogP contribution in [0.2, 0.25) is 0 Å².